The van der Waals surface area contributed by atoms with Crippen LogP contribution in [0.5, 0.6) is 0 Å². The lowest BCUT2D eigenvalue weighted by Gasteiger charge is -2.03. The lowest BCUT2D eigenvalue weighted by molar-refractivity contribution is 0.0960. The first-order valence-corrected chi connectivity index (χ1v) is 8.30. The number of aliphatic hydroxyl groups is 1. The number of nitrogens with one attached hydrogen (secondary N) is 1. The van der Waals surface area contributed by atoms with Gasteiger partial charge in [-0.1, -0.05) is 18.8 Å². The maximum atomic E-state index is 11.7. The molecule has 19 heavy (non-hydrogen) atoms. The van der Waals surface area contributed by atoms with Crippen molar-refractivity contribution >= 4 is 27.1 Å². The molecule has 1 amide bonds. The van der Waals surface area contributed by atoms with Crippen molar-refractivity contribution in [2.75, 3.05) is 24.7 Å². The van der Waals surface area contributed by atoms with E-state index < -0.39 is 9.84 Å². The van der Waals surface area contributed by atoms with Gasteiger partial charge in [0, 0.05) is 12.3 Å². The summed E-state index contributed by atoms with van der Waals surface area (Å²) in [4.78, 5) is 12.9. The number of hydrogen-bond donors (Lipinski definition) is 2. The Morgan fingerprint density at radius 3 is 2.84 bits per heavy atom. The molecule has 0 aliphatic rings. The van der Waals surface area contributed by atoms with E-state index in [9.17, 15) is 13.2 Å². The Morgan fingerprint density at radius 2 is 2.21 bits per heavy atom. The van der Waals surface area contributed by atoms with Crippen LogP contribution in [0.1, 0.15) is 21.5 Å². The number of thiophene rings is 1. The van der Waals surface area contributed by atoms with Crippen molar-refractivity contribution in [3.05, 3.63) is 21.9 Å². The van der Waals surface area contributed by atoms with Gasteiger partial charge in [0.25, 0.3) is 5.91 Å². The van der Waals surface area contributed by atoms with Crippen LogP contribution in [0.25, 0.3) is 0 Å². The van der Waals surface area contributed by atoms with E-state index in [0.717, 1.165) is 0 Å². The molecule has 7 heteroatoms. The quantitative estimate of drug-likeness (QED) is 0.764. The average Bonchev–Trinajstić information content (AvgIpc) is 2.85. The number of carbonyl (C=O) groups excluding carboxylic acids is 1. The largest absolute Gasteiger partial charge is 0.384 e. The Kier molecular flexibility index (Phi) is 6.02. The second-order valence-electron chi connectivity index (χ2n) is 3.62. The van der Waals surface area contributed by atoms with Crippen LogP contribution >= 0.6 is 11.3 Å². The number of carbonyl (C=O) groups is 1. The Balaban J connectivity index is 2.52. The minimum Gasteiger partial charge on any atom is -0.384 e. The van der Waals surface area contributed by atoms with Gasteiger partial charge in [0.1, 0.15) is 6.61 Å². The Bertz CT molecular complexity index is 593. The van der Waals surface area contributed by atoms with Gasteiger partial charge in [0.05, 0.1) is 15.5 Å². The Morgan fingerprint density at radius 1 is 1.47 bits per heavy atom. The van der Waals surface area contributed by atoms with Gasteiger partial charge >= 0.3 is 0 Å². The molecule has 1 aromatic heterocycles. The van der Waals surface area contributed by atoms with E-state index in [0.29, 0.717) is 9.75 Å². The zero-order valence-electron chi connectivity index (χ0n) is 10.5. The highest BCUT2D eigenvalue weighted by atomic mass is 32.2. The van der Waals surface area contributed by atoms with E-state index in [1.807, 2.05) is 0 Å². The summed E-state index contributed by atoms with van der Waals surface area (Å²) in [5.74, 6) is 4.90. The predicted octanol–water partition coefficient (Wildman–Crippen LogP) is 0.256. The molecular weight excluding hydrogens is 286 g/mol. The summed E-state index contributed by atoms with van der Waals surface area (Å²) < 4.78 is 22.5. The summed E-state index contributed by atoms with van der Waals surface area (Å²) in [6.07, 6.45) is 0. The first-order chi connectivity index (χ1) is 8.98. The highest BCUT2D eigenvalue weighted by Crippen LogP contribution is 2.14. The molecular formula is C12H15NO4S2. The topological polar surface area (TPSA) is 83.5 Å². The predicted molar refractivity (Wildman–Crippen MR) is 74.9 cm³/mol. The minimum absolute atomic E-state index is 0.0577. The van der Waals surface area contributed by atoms with Crippen LogP contribution < -0.4 is 5.32 Å². The molecule has 0 aliphatic heterocycles. The summed E-state index contributed by atoms with van der Waals surface area (Å²) in [5, 5.41) is 11.1. The van der Waals surface area contributed by atoms with Gasteiger partial charge in [-0.2, -0.15) is 0 Å². The maximum Gasteiger partial charge on any atom is 0.261 e. The molecule has 0 unspecified atom stereocenters. The van der Waals surface area contributed by atoms with Crippen LogP contribution in [-0.4, -0.2) is 44.1 Å². The van der Waals surface area contributed by atoms with E-state index >= 15 is 0 Å². The van der Waals surface area contributed by atoms with E-state index in [-0.39, 0.29) is 30.6 Å². The van der Waals surface area contributed by atoms with Gasteiger partial charge in [0.15, 0.2) is 9.84 Å². The molecule has 0 fully saturated rings. The molecule has 1 aromatic rings. The van der Waals surface area contributed by atoms with E-state index in [1.165, 1.54) is 11.3 Å². The lowest BCUT2D eigenvalue weighted by atomic mass is 10.4. The number of hydrogen-bond acceptors (Lipinski definition) is 5. The van der Waals surface area contributed by atoms with Crippen LogP contribution in [0.2, 0.25) is 0 Å². The Hall–Kier alpha value is -1.36. The Labute approximate surface area is 116 Å². The minimum atomic E-state index is -3.07. The number of sulfone groups is 1. The SMILES string of the molecule is CCS(=O)(=O)CCNC(=O)c1ccc(C#CCO)s1. The molecule has 5 nitrogen and oxygen atoms in total. The molecule has 1 heterocycles. The van der Waals surface area contributed by atoms with E-state index in [4.69, 9.17) is 5.11 Å². The van der Waals surface area contributed by atoms with E-state index in [1.54, 1.807) is 19.1 Å². The zero-order valence-corrected chi connectivity index (χ0v) is 12.1. The average molecular weight is 301 g/mol. The standard InChI is InChI=1S/C12H15NO4S2/c1-2-19(16,17)9-7-13-12(15)11-6-5-10(18-11)4-3-8-14/h5-6,14H,2,7-9H2,1H3,(H,13,15). The van der Waals surface area contributed by atoms with Crippen LogP contribution in [0, 0.1) is 11.8 Å². The summed E-state index contributed by atoms with van der Waals surface area (Å²) in [6, 6.07) is 3.31. The zero-order chi connectivity index (χ0) is 14.3. The van der Waals surface area contributed by atoms with Gasteiger partial charge in [-0.15, -0.1) is 11.3 Å². The van der Waals surface area contributed by atoms with Crippen molar-refractivity contribution in [1.82, 2.24) is 5.32 Å². The van der Waals surface area contributed by atoms with Crippen molar-refractivity contribution < 1.29 is 18.3 Å². The molecule has 0 aromatic carbocycles. The fourth-order valence-electron chi connectivity index (χ4n) is 1.21. The second-order valence-corrected chi connectivity index (χ2v) is 7.17. The van der Waals surface area contributed by atoms with Gasteiger partial charge in [-0.3, -0.25) is 4.79 Å². The maximum absolute atomic E-state index is 11.7. The molecule has 0 saturated heterocycles. The highest BCUT2D eigenvalue weighted by molar-refractivity contribution is 7.91. The number of rotatable bonds is 5. The number of amides is 1. The third-order valence-electron chi connectivity index (χ3n) is 2.26. The van der Waals surface area contributed by atoms with Gasteiger partial charge in [0.2, 0.25) is 0 Å². The molecule has 0 spiro atoms. The van der Waals surface area contributed by atoms with Crippen LogP contribution in [0.4, 0.5) is 0 Å². The second kappa shape index (κ2) is 7.28. The molecule has 0 saturated carbocycles. The smallest absolute Gasteiger partial charge is 0.261 e. The highest BCUT2D eigenvalue weighted by Gasteiger charge is 2.11. The summed E-state index contributed by atoms with van der Waals surface area (Å²) >= 11 is 1.20. The third-order valence-corrected chi connectivity index (χ3v) is 4.96. The van der Waals surface area contributed by atoms with Crippen molar-refractivity contribution in [2.24, 2.45) is 0 Å². The van der Waals surface area contributed by atoms with Crippen molar-refractivity contribution in [3.63, 3.8) is 0 Å². The molecule has 1 rings (SSSR count). The lowest BCUT2D eigenvalue weighted by Crippen LogP contribution is -2.29. The normalized spacial score (nSPS) is 10.6. The molecule has 0 bridgehead atoms. The number of aliphatic hydroxyl groups excluding tert-OH is 1. The molecule has 104 valence electrons. The van der Waals surface area contributed by atoms with Gasteiger partial charge < -0.3 is 10.4 Å². The third kappa shape index (κ3) is 5.42. The van der Waals surface area contributed by atoms with Crippen LogP contribution in [-0.2, 0) is 9.84 Å². The monoisotopic (exact) mass is 301 g/mol. The molecule has 2 N–H and O–H groups in total. The molecule has 0 aliphatic carbocycles. The van der Waals surface area contributed by atoms with Crippen molar-refractivity contribution in [2.45, 2.75) is 6.92 Å². The molecule has 0 radical (unpaired) electrons. The first-order valence-electron chi connectivity index (χ1n) is 5.66. The summed E-state index contributed by atoms with van der Waals surface area (Å²) in [5.41, 5.74) is 0. The first kappa shape index (κ1) is 15.7. The van der Waals surface area contributed by atoms with Gasteiger partial charge in [-0.05, 0) is 12.1 Å². The van der Waals surface area contributed by atoms with Crippen LogP contribution in [0.15, 0.2) is 12.1 Å². The fraction of sp³-hybridized carbons (Fsp3) is 0.417. The fourth-order valence-corrected chi connectivity index (χ4v) is 2.70. The van der Waals surface area contributed by atoms with Crippen molar-refractivity contribution in [1.29, 1.82) is 0 Å². The van der Waals surface area contributed by atoms with Crippen molar-refractivity contribution in [3.8, 4) is 11.8 Å². The summed E-state index contributed by atoms with van der Waals surface area (Å²) in [7, 11) is -3.07. The molecule has 0 atom stereocenters. The van der Waals surface area contributed by atoms with E-state index in [2.05, 4.69) is 17.2 Å². The summed E-state index contributed by atoms with van der Waals surface area (Å²) in [6.45, 7) is 1.45. The van der Waals surface area contributed by atoms with Gasteiger partial charge in [-0.25, -0.2) is 8.42 Å². The van der Waals surface area contributed by atoms with Crippen LogP contribution in [0.3, 0.4) is 0 Å².